The number of benzene rings is 1. The van der Waals surface area contributed by atoms with Crippen LogP contribution in [0.15, 0.2) is 35.3 Å². The van der Waals surface area contributed by atoms with Crippen molar-refractivity contribution in [2.75, 3.05) is 40.3 Å². The topological polar surface area (TPSA) is 85.8 Å². The number of piperidine rings is 1. The zero-order valence-corrected chi connectivity index (χ0v) is 16.3. The number of aliphatic imine (C=N–C) groups is 1. The molecule has 1 aromatic carbocycles. The van der Waals surface area contributed by atoms with Crippen molar-refractivity contribution in [2.24, 2.45) is 10.9 Å². The van der Waals surface area contributed by atoms with Crippen LogP contribution in [0.4, 0.5) is 0 Å². The maximum atomic E-state index is 12.1. The Balaban J connectivity index is 1.66. The van der Waals surface area contributed by atoms with Crippen molar-refractivity contribution in [1.82, 2.24) is 20.9 Å². The average molecular weight is 374 g/mol. The summed E-state index contributed by atoms with van der Waals surface area (Å²) in [6.07, 6.45) is 3.31. The second-order valence-electron chi connectivity index (χ2n) is 6.79. The molecular formula is C20H31N5O2. The van der Waals surface area contributed by atoms with E-state index >= 15 is 0 Å². The normalized spacial score (nSPS) is 15.3. The van der Waals surface area contributed by atoms with E-state index in [1.54, 1.807) is 14.1 Å². The van der Waals surface area contributed by atoms with Crippen molar-refractivity contribution < 1.29 is 9.59 Å². The van der Waals surface area contributed by atoms with Gasteiger partial charge in [-0.15, -0.1) is 0 Å². The van der Waals surface area contributed by atoms with Gasteiger partial charge in [-0.25, -0.2) is 0 Å². The highest BCUT2D eigenvalue weighted by Gasteiger charge is 2.23. The van der Waals surface area contributed by atoms with Gasteiger partial charge in [-0.2, -0.15) is 0 Å². The van der Waals surface area contributed by atoms with Crippen molar-refractivity contribution in [1.29, 1.82) is 0 Å². The van der Waals surface area contributed by atoms with Gasteiger partial charge < -0.3 is 20.9 Å². The summed E-state index contributed by atoms with van der Waals surface area (Å²) < 4.78 is 0. The molecule has 27 heavy (non-hydrogen) atoms. The van der Waals surface area contributed by atoms with E-state index in [0.29, 0.717) is 18.9 Å². The van der Waals surface area contributed by atoms with Crippen molar-refractivity contribution in [3.8, 4) is 0 Å². The van der Waals surface area contributed by atoms with Gasteiger partial charge in [0.1, 0.15) is 0 Å². The molecule has 7 nitrogen and oxygen atoms in total. The highest BCUT2D eigenvalue weighted by molar-refractivity contribution is 5.86. The highest BCUT2D eigenvalue weighted by atomic mass is 16.2. The Morgan fingerprint density at radius 3 is 2.44 bits per heavy atom. The molecule has 1 aromatic rings. The van der Waals surface area contributed by atoms with E-state index in [4.69, 9.17) is 0 Å². The summed E-state index contributed by atoms with van der Waals surface area (Å²) >= 11 is 0. The highest BCUT2D eigenvalue weighted by Crippen LogP contribution is 2.20. The number of rotatable bonds is 7. The Hall–Kier alpha value is -2.57. The molecule has 0 unspecified atom stereocenters. The van der Waals surface area contributed by atoms with E-state index in [-0.39, 0.29) is 18.4 Å². The zero-order valence-electron chi connectivity index (χ0n) is 16.3. The predicted octanol–water partition coefficient (Wildman–Crippen LogP) is 0.769. The number of nitrogens with zero attached hydrogens (tertiary/aromatic N) is 2. The molecule has 1 heterocycles. The van der Waals surface area contributed by atoms with Crippen LogP contribution in [0, 0.1) is 5.92 Å². The van der Waals surface area contributed by atoms with E-state index in [9.17, 15) is 9.59 Å². The van der Waals surface area contributed by atoms with E-state index in [2.05, 4.69) is 38.0 Å². The number of hydrogen-bond donors (Lipinski definition) is 3. The lowest BCUT2D eigenvalue weighted by molar-refractivity contribution is -0.122. The van der Waals surface area contributed by atoms with Gasteiger partial charge in [-0.05, 0) is 30.7 Å². The standard InChI is InChI=1S/C20H31N5O2/c1-21-18(26)14-17-9-12-25(13-10-17)20(22-2)24-15-19(27)23-11-8-16-6-4-3-5-7-16/h3-7,17H,8-15H2,1-2H3,(H,21,26)(H,22,24)(H,23,27). The van der Waals surface area contributed by atoms with Crippen LogP contribution in [0.1, 0.15) is 24.8 Å². The minimum atomic E-state index is -0.0402. The third-order valence-corrected chi connectivity index (χ3v) is 4.86. The average Bonchev–Trinajstić information content (AvgIpc) is 2.70. The Bertz CT molecular complexity index is 625. The second kappa shape index (κ2) is 11.2. The van der Waals surface area contributed by atoms with Crippen LogP contribution in [-0.4, -0.2) is 62.9 Å². The molecule has 0 saturated carbocycles. The smallest absolute Gasteiger partial charge is 0.239 e. The summed E-state index contributed by atoms with van der Waals surface area (Å²) in [5.41, 5.74) is 1.21. The lowest BCUT2D eigenvalue weighted by Gasteiger charge is -2.33. The van der Waals surface area contributed by atoms with Crippen LogP contribution in [0.5, 0.6) is 0 Å². The molecule has 1 aliphatic rings. The van der Waals surface area contributed by atoms with E-state index in [0.717, 1.165) is 38.3 Å². The first kappa shape index (κ1) is 20.7. The van der Waals surface area contributed by atoms with Gasteiger partial charge in [0.25, 0.3) is 0 Å². The van der Waals surface area contributed by atoms with Gasteiger partial charge >= 0.3 is 0 Å². The molecule has 3 N–H and O–H groups in total. The van der Waals surface area contributed by atoms with Crippen molar-refractivity contribution >= 4 is 17.8 Å². The number of guanidine groups is 1. The van der Waals surface area contributed by atoms with Crippen LogP contribution in [0.3, 0.4) is 0 Å². The quantitative estimate of drug-likeness (QED) is 0.487. The monoisotopic (exact) mass is 373 g/mol. The van der Waals surface area contributed by atoms with E-state index in [1.807, 2.05) is 18.2 Å². The molecule has 1 fully saturated rings. The first-order chi connectivity index (χ1) is 13.1. The number of amides is 2. The molecule has 7 heteroatoms. The Labute approximate surface area is 161 Å². The third-order valence-electron chi connectivity index (χ3n) is 4.86. The predicted molar refractivity (Wildman–Crippen MR) is 107 cm³/mol. The molecule has 0 aliphatic carbocycles. The molecule has 0 bridgehead atoms. The lowest BCUT2D eigenvalue weighted by atomic mass is 9.93. The number of carbonyl (C=O) groups is 2. The molecule has 0 aromatic heterocycles. The first-order valence-electron chi connectivity index (χ1n) is 9.59. The van der Waals surface area contributed by atoms with Crippen molar-refractivity contribution in [3.05, 3.63) is 35.9 Å². The third kappa shape index (κ3) is 7.29. The van der Waals surface area contributed by atoms with Gasteiger partial charge in [0, 0.05) is 40.2 Å². The molecule has 0 radical (unpaired) electrons. The number of likely N-dealkylation sites (tertiary alicyclic amines) is 1. The van der Waals surface area contributed by atoms with Gasteiger partial charge in [0.2, 0.25) is 11.8 Å². The summed E-state index contributed by atoms with van der Waals surface area (Å²) in [4.78, 5) is 30.0. The fourth-order valence-corrected chi connectivity index (χ4v) is 3.26. The largest absolute Gasteiger partial charge is 0.359 e. The minimum absolute atomic E-state index is 0.0402. The van der Waals surface area contributed by atoms with Gasteiger partial charge in [-0.3, -0.25) is 14.6 Å². The van der Waals surface area contributed by atoms with Crippen LogP contribution >= 0.6 is 0 Å². The second-order valence-corrected chi connectivity index (χ2v) is 6.79. The molecule has 2 amide bonds. The summed E-state index contributed by atoms with van der Waals surface area (Å²) in [6, 6.07) is 10.1. The SMILES string of the molecule is CN=C(NCC(=O)NCCc1ccccc1)N1CCC(CC(=O)NC)CC1. The van der Waals surface area contributed by atoms with Crippen LogP contribution in [0.2, 0.25) is 0 Å². The first-order valence-corrected chi connectivity index (χ1v) is 9.59. The van der Waals surface area contributed by atoms with Crippen LogP contribution in [0.25, 0.3) is 0 Å². The Morgan fingerprint density at radius 1 is 1.11 bits per heavy atom. The molecule has 2 rings (SSSR count). The lowest BCUT2D eigenvalue weighted by Crippen LogP contribution is -2.48. The molecule has 1 aliphatic heterocycles. The summed E-state index contributed by atoms with van der Waals surface area (Å²) in [7, 11) is 3.40. The van der Waals surface area contributed by atoms with Gasteiger partial charge in [-0.1, -0.05) is 30.3 Å². The number of nitrogens with one attached hydrogen (secondary N) is 3. The van der Waals surface area contributed by atoms with Crippen LogP contribution in [-0.2, 0) is 16.0 Å². The molecule has 0 spiro atoms. The molecule has 1 saturated heterocycles. The molecule has 0 atom stereocenters. The van der Waals surface area contributed by atoms with E-state index < -0.39 is 0 Å². The number of carbonyl (C=O) groups excluding carboxylic acids is 2. The number of hydrogen-bond acceptors (Lipinski definition) is 3. The van der Waals surface area contributed by atoms with E-state index in [1.165, 1.54) is 5.56 Å². The minimum Gasteiger partial charge on any atom is -0.359 e. The van der Waals surface area contributed by atoms with Gasteiger partial charge in [0.05, 0.1) is 6.54 Å². The van der Waals surface area contributed by atoms with Crippen molar-refractivity contribution in [2.45, 2.75) is 25.7 Å². The maximum absolute atomic E-state index is 12.1. The fraction of sp³-hybridized carbons (Fsp3) is 0.550. The Morgan fingerprint density at radius 2 is 1.81 bits per heavy atom. The van der Waals surface area contributed by atoms with Gasteiger partial charge in [0.15, 0.2) is 5.96 Å². The molecule has 148 valence electrons. The summed E-state index contributed by atoms with van der Waals surface area (Å²) in [5, 5.41) is 8.75. The summed E-state index contributed by atoms with van der Waals surface area (Å²) in [6.45, 7) is 2.52. The zero-order chi connectivity index (χ0) is 19.5. The Kier molecular flexibility index (Phi) is 8.61. The van der Waals surface area contributed by atoms with Crippen molar-refractivity contribution in [3.63, 3.8) is 0 Å². The fourth-order valence-electron chi connectivity index (χ4n) is 3.26. The summed E-state index contributed by atoms with van der Waals surface area (Å²) in [5.74, 6) is 1.22. The van der Waals surface area contributed by atoms with Crippen LogP contribution < -0.4 is 16.0 Å². The molecular weight excluding hydrogens is 342 g/mol. The maximum Gasteiger partial charge on any atom is 0.239 e.